The molecule has 0 amide bonds. The molecule has 1 aromatic carbocycles. The molecular formula is C20H19N5OS. The Morgan fingerprint density at radius 2 is 2.00 bits per heavy atom. The van der Waals surface area contributed by atoms with E-state index in [9.17, 15) is 0 Å². The van der Waals surface area contributed by atoms with Crippen molar-refractivity contribution < 1.29 is 4.74 Å². The first-order valence-corrected chi connectivity index (χ1v) is 9.35. The van der Waals surface area contributed by atoms with Crippen molar-refractivity contribution in [2.75, 3.05) is 12.5 Å². The molecular weight excluding hydrogens is 358 g/mol. The van der Waals surface area contributed by atoms with Crippen LogP contribution >= 0.6 is 11.3 Å². The lowest BCUT2D eigenvalue weighted by Gasteiger charge is -2.05. The van der Waals surface area contributed by atoms with Crippen molar-refractivity contribution in [1.82, 2.24) is 15.0 Å². The van der Waals surface area contributed by atoms with E-state index in [0.29, 0.717) is 5.82 Å². The quantitative estimate of drug-likeness (QED) is 0.388. The van der Waals surface area contributed by atoms with Gasteiger partial charge >= 0.3 is 0 Å². The molecule has 0 bridgehead atoms. The number of aromatic nitrogens is 3. The highest BCUT2D eigenvalue weighted by molar-refractivity contribution is 7.17. The number of fused-ring (bicyclic) bond motifs is 1. The fourth-order valence-electron chi connectivity index (χ4n) is 2.99. The van der Waals surface area contributed by atoms with Crippen LogP contribution in [0, 0.1) is 13.8 Å². The first-order valence-electron chi connectivity index (χ1n) is 8.47. The molecule has 0 fully saturated rings. The number of nitrogens with one attached hydrogen (secondary N) is 2. The van der Waals surface area contributed by atoms with Gasteiger partial charge in [0.2, 0.25) is 0 Å². The Hall–Kier alpha value is -3.19. The van der Waals surface area contributed by atoms with Crippen LogP contribution < -0.4 is 10.2 Å². The van der Waals surface area contributed by atoms with Crippen molar-refractivity contribution in [2.45, 2.75) is 13.8 Å². The minimum atomic E-state index is 0.688. The largest absolute Gasteiger partial charge is 0.497 e. The molecule has 0 unspecified atom stereocenters. The summed E-state index contributed by atoms with van der Waals surface area (Å²) in [6.07, 6.45) is 3.35. The van der Waals surface area contributed by atoms with Gasteiger partial charge in [-0.05, 0) is 37.6 Å². The molecule has 4 rings (SSSR count). The fourth-order valence-corrected chi connectivity index (χ4v) is 3.90. The van der Waals surface area contributed by atoms with Crippen LogP contribution in [0.3, 0.4) is 0 Å². The summed E-state index contributed by atoms with van der Waals surface area (Å²) in [7, 11) is 1.66. The van der Waals surface area contributed by atoms with E-state index in [2.05, 4.69) is 36.9 Å². The van der Waals surface area contributed by atoms with Gasteiger partial charge in [-0.25, -0.2) is 9.97 Å². The zero-order chi connectivity index (χ0) is 18.8. The van der Waals surface area contributed by atoms with Gasteiger partial charge in [0.25, 0.3) is 0 Å². The number of anilines is 1. The second-order valence-corrected chi connectivity index (χ2v) is 7.04. The first-order chi connectivity index (χ1) is 13.2. The number of nitrogens with zero attached hydrogens (tertiary/aromatic N) is 3. The monoisotopic (exact) mass is 377 g/mol. The Labute approximate surface area is 161 Å². The Balaban J connectivity index is 1.68. The summed E-state index contributed by atoms with van der Waals surface area (Å²) in [5.41, 5.74) is 8.48. The molecule has 3 heterocycles. The normalized spacial score (nSPS) is 11.4. The maximum atomic E-state index is 5.25. The van der Waals surface area contributed by atoms with E-state index in [1.54, 1.807) is 31.0 Å². The predicted molar refractivity (Wildman–Crippen MR) is 111 cm³/mol. The van der Waals surface area contributed by atoms with Gasteiger partial charge in [-0.2, -0.15) is 5.10 Å². The number of benzene rings is 1. The van der Waals surface area contributed by atoms with Crippen LogP contribution in [0.4, 0.5) is 5.82 Å². The zero-order valence-corrected chi connectivity index (χ0v) is 16.1. The number of methoxy groups -OCH3 is 1. The van der Waals surface area contributed by atoms with Gasteiger partial charge in [0.05, 0.1) is 18.7 Å². The molecule has 4 aromatic rings. The number of H-pyrrole nitrogens is 1. The topological polar surface area (TPSA) is 75.2 Å². The van der Waals surface area contributed by atoms with Crippen molar-refractivity contribution in [3.63, 3.8) is 0 Å². The molecule has 3 aromatic heterocycles. The number of rotatable bonds is 5. The van der Waals surface area contributed by atoms with E-state index < -0.39 is 0 Å². The zero-order valence-electron chi connectivity index (χ0n) is 15.3. The molecule has 2 N–H and O–H groups in total. The lowest BCUT2D eigenvalue weighted by molar-refractivity contribution is 0.415. The van der Waals surface area contributed by atoms with Crippen LogP contribution in [0.25, 0.3) is 21.3 Å². The molecule has 0 saturated heterocycles. The Morgan fingerprint density at radius 1 is 1.19 bits per heavy atom. The Kier molecular flexibility index (Phi) is 4.60. The van der Waals surface area contributed by atoms with E-state index in [1.807, 2.05) is 38.1 Å². The van der Waals surface area contributed by atoms with Gasteiger partial charge in [-0.3, -0.25) is 5.43 Å². The van der Waals surface area contributed by atoms with E-state index in [4.69, 9.17) is 4.74 Å². The van der Waals surface area contributed by atoms with Gasteiger partial charge in [0.15, 0.2) is 5.82 Å². The molecule has 0 saturated carbocycles. The third kappa shape index (κ3) is 3.41. The first kappa shape index (κ1) is 17.2. The molecule has 6 nitrogen and oxygen atoms in total. The molecule has 7 heteroatoms. The molecule has 0 aliphatic rings. The second-order valence-electron chi connectivity index (χ2n) is 6.18. The summed E-state index contributed by atoms with van der Waals surface area (Å²) in [5.74, 6) is 1.52. The highest BCUT2D eigenvalue weighted by Gasteiger charge is 2.13. The molecule has 0 atom stereocenters. The lowest BCUT2D eigenvalue weighted by Crippen LogP contribution is -1.95. The van der Waals surface area contributed by atoms with E-state index in [0.717, 1.165) is 44.0 Å². The van der Waals surface area contributed by atoms with Crippen molar-refractivity contribution in [3.05, 3.63) is 59.0 Å². The minimum absolute atomic E-state index is 0.688. The third-order valence-corrected chi connectivity index (χ3v) is 5.22. The summed E-state index contributed by atoms with van der Waals surface area (Å²) in [4.78, 5) is 13.0. The highest BCUT2D eigenvalue weighted by Crippen LogP contribution is 2.36. The van der Waals surface area contributed by atoms with Gasteiger partial charge in [-0.15, -0.1) is 11.3 Å². The predicted octanol–water partition coefficient (Wildman–Crippen LogP) is 4.76. The number of hydrogen-bond acceptors (Lipinski definition) is 6. The Morgan fingerprint density at radius 3 is 2.70 bits per heavy atom. The average Bonchev–Trinajstić information content (AvgIpc) is 3.25. The van der Waals surface area contributed by atoms with Crippen LogP contribution in [0.2, 0.25) is 0 Å². The average molecular weight is 377 g/mol. The summed E-state index contributed by atoms with van der Waals surface area (Å²) in [6, 6.07) is 10.0. The minimum Gasteiger partial charge on any atom is -0.497 e. The molecule has 0 aliphatic carbocycles. The van der Waals surface area contributed by atoms with E-state index in [-0.39, 0.29) is 0 Å². The number of ether oxygens (including phenoxy) is 1. The molecule has 0 spiro atoms. The van der Waals surface area contributed by atoms with E-state index in [1.165, 1.54) is 0 Å². The maximum absolute atomic E-state index is 5.25. The van der Waals surface area contributed by atoms with Crippen molar-refractivity contribution in [3.8, 4) is 16.9 Å². The number of aromatic amines is 1. The molecule has 136 valence electrons. The number of hydrogen-bond donors (Lipinski definition) is 2. The standard InChI is InChI=1S/C20H19N5OS/c1-12-8-15(13(2)24-12)9-23-25-19-18-17(10-27-20(18)22-11-21-19)14-4-6-16(26-3)7-5-14/h4-11,24H,1-3H3,(H,21,22,25)/b23-9+. The molecule has 0 radical (unpaired) electrons. The third-order valence-electron chi connectivity index (χ3n) is 4.34. The maximum Gasteiger partial charge on any atom is 0.159 e. The van der Waals surface area contributed by atoms with Gasteiger partial charge < -0.3 is 9.72 Å². The van der Waals surface area contributed by atoms with Crippen LogP contribution in [-0.4, -0.2) is 28.3 Å². The van der Waals surface area contributed by atoms with Crippen molar-refractivity contribution in [2.24, 2.45) is 5.10 Å². The highest BCUT2D eigenvalue weighted by atomic mass is 32.1. The second kappa shape index (κ2) is 7.20. The van der Waals surface area contributed by atoms with Crippen molar-refractivity contribution >= 4 is 33.6 Å². The fraction of sp³-hybridized carbons (Fsp3) is 0.150. The summed E-state index contributed by atoms with van der Waals surface area (Å²) < 4.78 is 5.25. The van der Waals surface area contributed by atoms with Gasteiger partial charge in [-0.1, -0.05) is 12.1 Å². The van der Waals surface area contributed by atoms with Crippen LogP contribution in [0.5, 0.6) is 5.75 Å². The molecule has 0 aliphatic heterocycles. The summed E-state index contributed by atoms with van der Waals surface area (Å²) >= 11 is 1.59. The van der Waals surface area contributed by atoms with Gasteiger partial charge in [0.1, 0.15) is 16.9 Å². The smallest absolute Gasteiger partial charge is 0.159 e. The van der Waals surface area contributed by atoms with E-state index >= 15 is 0 Å². The SMILES string of the molecule is COc1ccc(-c2csc3ncnc(N/N=C/c4cc(C)[nH]c4C)c23)cc1. The van der Waals surface area contributed by atoms with Crippen LogP contribution in [0.15, 0.2) is 47.1 Å². The van der Waals surface area contributed by atoms with Crippen LogP contribution in [-0.2, 0) is 0 Å². The number of aryl methyl sites for hydroxylation is 2. The van der Waals surface area contributed by atoms with Gasteiger partial charge in [0, 0.05) is 27.9 Å². The molecule has 27 heavy (non-hydrogen) atoms. The number of hydrazone groups is 1. The van der Waals surface area contributed by atoms with Crippen LogP contribution in [0.1, 0.15) is 17.0 Å². The number of thiophene rings is 1. The Bertz CT molecular complexity index is 1110. The summed E-state index contributed by atoms with van der Waals surface area (Å²) in [6.45, 7) is 4.05. The summed E-state index contributed by atoms with van der Waals surface area (Å²) in [5, 5.41) is 7.43. The lowest BCUT2D eigenvalue weighted by atomic mass is 10.1. The van der Waals surface area contributed by atoms with Crippen molar-refractivity contribution in [1.29, 1.82) is 0 Å².